The molecule has 0 unspecified atom stereocenters. The van der Waals surface area contributed by atoms with Gasteiger partial charge in [0.1, 0.15) is 5.82 Å². The van der Waals surface area contributed by atoms with Crippen molar-refractivity contribution in [1.82, 2.24) is 19.7 Å². The molecule has 108 valence electrons. The fourth-order valence-corrected chi connectivity index (χ4v) is 1.45. The summed E-state index contributed by atoms with van der Waals surface area (Å²) in [6.07, 6.45) is -1.75. The Morgan fingerprint density at radius 2 is 2.10 bits per heavy atom. The summed E-state index contributed by atoms with van der Waals surface area (Å²) in [6.45, 7) is 2.18. The van der Waals surface area contributed by atoms with Crippen molar-refractivity contribution in [2.45, 2.75) is 13.1 Å². The molecule has 2 heterocycles. The van der Waals surface area contributed by atoms with E-state index in [9.17, 15) is 13.2 Å². The van der Waals surface area contributed by atoms with Crippen molar-refractivity contribution in [2.24, 2.45) is 7.05 Å². The Kier molecular flexibility index (Phi) is 3.77. The second-order valence-electron chi connectivity index (χ2n) is 3.89. The van der Waals surface area contributed by atoms with Crippen LogP contribution in [0.5, 0.6) is 11.6 Å². The SMILES string of the molecule is CCNc1cc(Oc2cnn(C)c2)nc(C(F)(F)F)n1. The molecule has 0 fully saturated rings. The molecule has 20 heavy (non-hydrogen) atoms. The Morgan fingerprint density at radius 3 is 2.65 bits per heavy atom. The maximum atomic E-state index is 12.7. The molecule has 0 saturated heterocycles. The van der Waals surface area contributed by atoms with E-state index in [4.69, 9.17) is 4.74 Å². The molecule has 1 N–H and O–H groups in total. The lowest BCUT2D eigenvalue weighted by Crippen LogP contribution is -2.13. The third-order valence-corrected chi connectivity index (χ3v) is 2.22. The predicted molar refractivity (Wildman–Crippen MR) is 64.5 cm³/mol. The van der Waals surface area contributed by atoms with Crippen LogP contribution in [0, 0.1) is 0 Å². The fraction of sp³-hybridized carbons (Fsp3) is 0.364. The summed E-state index contributed by atoms with van der Waals surface area (Å²) in [5, 5.41) is 6.55. The van der Waals surface area contributed by atoms with E-state index in [0.717, 1.165) is 0 Å². The average Bonchev–Trinajstić information content (AvgIpc) is 2.74. The van der Waals surface area contributed by atoms with Gasteiger partial charge in [-0.3, -0.25) is 4.68 Å². The smallest absolute Gasteiger partial charge is 0.436 e. The first-order valence-corrected chi connectivity index (χ1v) is 5.75. The van der Waals surface area contributed by atoms with Crippen molar-refractivity contribution in [3.63, 3.8) is 0 Å². The van der Waals surface area contributed by atoms with Crippen LogP contribution in [0.3, 0.4) is 0 Å². The quantitative estimate of drug-likeness (QED) is 0.935. The van der Waals surface area contributed by atoms with Gasteiger partial charge in [0, 0.05) is 19.7 Å². The zero-order chi connectivity index (χ0) is 14.8. The molecule has 0 aliphatic carbocycles. The lowest BCUT2D eigenvalue weighted by molar-refractivity contribution is -0.145. The largest absolute Gasteiger partial charge is 0.451 e. The highest BCUT2D eigenvalue weighted by molar-refractivity contribution is 5.39. The van der Waals surface area contributed by atoms with Crippen LogP contribution in [0.4, 0.5) is 19.0 Å². The topological polar surface area (TPSA) is 64.9 Å². The van der Waals surface area contributed by atoms with Crippen LogP contribution in [-0.2, 0) is 13.2 Å². The van der Waals surface area contributed by atoms with Crippen LogP contribution in [-0.4, -0.2) is 26.3 Å². The second kappa shape index (κ2) is 5.35. The van der Waals surface area contributed by atoms with E-state index in [1.54, 1.807) is 14.0 Å². The van der Waals surface area contributed by atoms with E-state index in [2.05, 4.69) is 20.4 Å². The van der Waals surface area contributed by atoms with E-state index in [1.807, 2.05) is 0 Å². The molecular formula is C11H12F3N5O. The number of anilines is 1. The number of ether oxygens (including phenoxy) is 1. The highest BCUT2D eigenvalue weighted by Gasteiger charge is 2.35. The summed E-state index contributed by atoms with van der Waals surface area (Å²) in [5.41, 5.74) is 0. The van der Waals surface area contributed by atoms with Crippen molar-refractivity contribution in [1.29, 1.82) is 0 Å². The zero-order valence-electron chi connectivity index (χ0n) is 10.8. The van der Waals surface area contributed by atoms with Gasteiger partial charge in [-0.1, -0.05) is 0 Å². The van der Waals surface area contributed by atoms with Crippen LogP contribution >= 0.6 is 0 Å². The predicted octanol–water partition coefficient (Wildman–Crippen LogP) is 2.45. The van der Waals surface area contributed by atoms with E-state index < -0.39 is 12.0 Å². The maximum absolute atomic E-state index is 12.7. The van der Waals surface area contributed by atoms with Crippen LogP contribution in [0.15, 0.2) is 18.5 Å². The number of aromatic nitrogens is 4. The number of alkyl halides is 3. The van der Waals surface area contributed by atoms with Gasteiger partial charge in [0.15, 0.2) is 5.75 Å². The molecule has 0 aliphatic rings. The minimum Gasteiger partial charge on any atom is -0.436 e. The lowest BCUT2D eigenvalue weighted by atomic mass is 10.4. The van der Waals surface area contributed by atoms with Crippen LogP contribution in [0.2, 0.25) is 0 Å². The molecule has 0 radical (unpaired) electrons. The number of nitrogens with zero attached hydrogens (tertiary/aromatic N) is 4. The first-order chi connectivity index (χ1) is 9.38. The molecule has 0 spiro atoms. The molecule has 0 saturated carbocycles. The van der Waals surface area contributed by atoms with E-state index in [0.29, 0.717) is 12.3 Å². The minimum atomic E-state index is -4.64. The molecule has 2 aromatic rings. The van der Waals surface area contributed by atoms with Gasteiger partial charge < -0.3 is 10.1 Å². The summed E-state index contributed by atoms with van der Waals surface area (Å²) in [6, 6.07) is 1.30. The summed E-state index contributed by atoms with van der Waals surface area (Å²) in [7, 11) is 1.66. The number of nitrogens with one attached hydrogen (secondary N) is 1. The highest BCUT2D eigenvalue weighted by atomic mass is 19.4. The Hall–Kier alpha value is -2.32. The van der Waals surface area contributed by atoms with Crippen LogP contribution in [0.25, 0.3) is 0 Å². The molecule has 0 amide bonds. The third-order valence-electron chi connectivity index (χ3n) is 2.22. The molecular weight excluding hydrogens is 275 g/mol. The highest BCUT2D eigenvalue weighted by Crippen LogP contribution is 2.30. The number of halogens is 3. The molecule has 0 aliphatic heterocycles. The van der Waals surface area contributed by atoms with Crippen LogP contribution in [0.1, 0.15) is 12.7 Å². The van der Waals surface area contributed by atoms with Gasteiger partial charge in [-0.15, -0.1) is 0 Å². The van der Waals surface area contributed by atoms with Gasteiger partial charge in [-0.2, -0.15) is 23.3 Å². The molecule has 2 rings (SSSR count). The Bertz CT molecular complexity index is 596. The van der Waals surface area contributed by atoms with Gasteiger partial charge >= 0.3 is 6.18 Å². The summed E-state index contributed by atoms with van der Waals surface area (Å²) in [4.78, 5) is 6.75. The Labute approximate surface area is 112 Å². The van der Waals surface area contributed by atoms with E-state index in [1.165, 1.54) is 23.1 Å². The number of rotatable bonds is 4. The molecule has 9 heteroatoms. The molecule has 0 bridgehead atoms. The molecule has 0 atom stereocenters. The normalized spacial score (nSPS) is 11.4. The average molecular weight is 287 g/mol. The monoisotopic (exact) mass is 287 g/mol. The van der Waals surface area contributed by atoms with Gasteiger partial charge in [0.05, 0.1) is 12.4 Å². The van der Waals surface area contributed by atoms with Crippen molar-refractivity contribution in [3.05, 3.63) is 24.3 Å². The molecule has 0 aromatic carbocycles. The van der Waals surface area contributed by atoms with Crippen LogP contribution < -0.4 is 10.1 Å². The van der Waals surface area contributed by atoms with Gasteiger partial charge in [0.25, 0.3) is 0 Å². The second-order valence-corrected chi connectivity index (χ2v) is 3.89. The Morgan fingerprint density at radius 1 is 1.35 bits per heavy atom. The van der Waals surface area contributed by atoms with Crippen molar-refractivity contribution in [2.75, 3.05) is 11.9 Å². The van der Waals surface area contributed by atoms with Crippen molar-refractivity contribution in [3.8, 4) is 11.6 Å². The first-order valence-electron chi connectivity index (χ1n) is 5.75. The summed E-state index contributed by atoms with van der Waals surface area (Å²) in [5.74, 6) is -1.11. The summed E-state index contributed by atoms with van der Waals surface area (Å²) < 4.78 is 44.8. The number of hydrogen-bond donors (Lipinski definition) is 1. The fourth-order valence-electron chi connectivity index (χ4n) is 1.45. The number of hydrogen-bond acceptors (Lipinski definition) is 5. The van der Waals surface area contributed by atoms with Gasteiger partial charge in [-0.05, 0) is 6.92 Å². The minimum absolute atomic E-state index is 0.0497. The van der Waals surface area contributed by atoms with E-state index in [-0.39, 0.29) is 11.7 Å². The van der Waals surface area contributed by atoms with E-state index >= 15 is 0 Å². The lowest BCUT2D eigenvalue weighted by Gasteiger charge is -2.10. The standard InChI is InChI=1S/C11H12F3N5O/c1-3-15-8-4-9(18-10(17-8)11(12,13)14)20-7-5-16-19(2)6-7/h4-6H,3H2,1-2H3,(H,15,17,18). The van der Waals surface area contributed by atoms with Crippen molar-refractivity contribution < 1.29 is 17.9 Å². The van der Waals surface area contributed by atoms with Gasteiger partial charge in [-0.25, -0.2) is 4.98 Å². The molecule has 2 aromatic heterocycles. The third kappa shape index (κ3) is 3.37. The Balaban J connectivity index is 2.33. The number of aryl methyl sites for hydroxylation is 1. The first kappa shape index (κ1) is 14.1. The zero-order valence-corrected chi connectivity index (χ0v) is 10.8. The molecule has 6 nitrogen and oxygen atoms in total. The summed E-state index contributed by atoms with van der Waals surface area (Å²) >= 11 is 0. The van der Waals surface area contributed by atoms with Gasteiger partial charge in [0.2, 0.25) is 11.7 Å². The van der Waals surface area contributed by atoms with Crippen molar-refractivity contribution >= 4 is 5.82 Å². The maximum Gasteiger partial charge on any atom is 0.451 e.